The Hall–Kier alpha value is -4.76. The number of carboxylic acid groups (broad SMARTS) is 1. The van der Waals surface area contributed by atoms with Gasteiger partial charge in [0, 0.05) is 41.9 Å². The number of carbonyl (C=O) groups is 3. The third-order valence-corrected chi connectivity index (χ3v) is 6.96. The fraction of sp³-hybridized carbons (Fsp3) is 0.167. The van der Waals surface area contributed by atoms with Gasteiger partial charge in [-0.05, 0) is 47.5 Å². The highest BCUT2D eigenvalue weighted by Crippen LogP contribution is 2.43. The smallest absolute Gasteiger partial charge is 0.307 e. The lowest BCUT2D eigenvalue weighted by molar-refractivity contribution is -0.136. The number of hydrogen-bond donors (Lipinski definition) is 2. The molecule has 5 rings (SSSR count). The van der Waals surface area contributed by atoms with E-state index in [2.05, 4.69) is 0 Å². The molecule has 9 nitrogen and oxygen atoms in total. The number of carboxylic acids is 1. The number of amides is 1. The second-order valence-corrected chi connectivity index (χ2v) is 9.97. The van der Waals surface area contributed by atoms with Crippen LogP contribution in [0.1, 0.15) is 27.7 Å². The van der Waals surface area contributed by atoms with E-state index in [1.54, 1.807) is 48.5 Å². The molecule has 1 aromatic heterocycles. The molecular formula is C30H25ClN2O7. The summed E-state index contributed by atoms with van der Waals surface area (Å²) >= 11 is 6.18. The van der Waals surface area contributed by atoms with E-state index in [-0.39, 0.29) is 17.8 Å². The molecule has 0 saturated carbocycles. The molecule has 204 valence electrons. The predicted octanol–water partition coefficient (Wildman–Crippen LogP) is 5.57. The highest BCUT2D eigenvalue weighted by molar-refractivity contribution is 6.31. The predicted molar refractivity (Wildman–Crippen MR) is 151 cm³/mol. The number of halogens is 1. The van der Waals surface area contributed by atoms with E-state index in [1.165, 1.54) is 18.1 Å². The van der Waals surface area contributed by atoms with Gasteiger partial charge >= 0.3 is 5.97 Å². The van der Waals surface area contributed by atoms with E-state index >= 15 is 0 Å². The zero-order valence-corrected chi connectivity index (χ0v) is 22.6. The van der Waals surface area contributed by atoms with Crippen molar-refractivity contribution in [3.05, 3.63) is 100.0 Å². The number of anilines is 2. The monoisotopic (exact) mass is 560 g/mol. The summed E-state index contributed by atoms with van der Waals surface area (Å²) in [5.41, 5.74) is 2.56. The van der Waals surface area contributed by atoms with Crippen LogP contribution in [0.2, 0.25) is 5.02 Å². The Morgan fingerprint density at radius 2 is 1.73 bits per heavy atom. The second-order valence-electron chi connectivity index (χ2n) is 9.53. The van der Waals surface area contributed by atoms with E-state index < -0.39 is 29.5 Å². The zero-order valence-electron chi connectivity index (χ0n) is 21.8. The van der Waals surface area contributed by atoms with Crippen molar-refractivity contribution in [2.24, 2.45) is 0 Å². The summed E-state index contributed by atoms with van der Waals surface area (Å²) in [6.07, 6.45) is -0.184. The molecule has 1 atom stereocenters. The first kappa shape index (κ1) is 26.8. The van der Waals surface area contributed by atoms with E-state index in [1.807, 2.05) is 31.1 Å². The molecule has 0 spiro atoms. The van der Waals surface area contributed by atoms with E-state index in [0.29, 0.717) is 38.6 Å². The molecule has 0 saturated heterocycles. The lowest BCUT2D eigenvalue weighted by atomic mass is 9.94. The van der Waals surface area contributed by atoms with Gasteiger partial charge in [0.25, 0.3) is 5.91 Å². The van der Waals surface area contributed by atoms with Gasteiger partial charge in [-0.25, -0.2) is 0 Å². The van der Waals surface area contributed by atoms with Crippen molar-refractivity contribution >= 4 is 51.6 Å². The summed E-state index contributed by atoms with van der Waals surface area (Å²) in [6, 6.07) is 17.3. The van der Waals surface area contributed by atoms with Crippen molar-refractivity contribution < 1.29 is 33.8 Å². The highest BCUT2D eigenvalue weighted by Gasteiger charge is 2.45. The van der Waals surface area contributed by atoms with Gasteiger partial charge in [-0.15, -0.1) is 0 Å². The number of aliphatic hydroxyl groups excluding tert-OH is 1. The summed E-state index contributed by atoms with van der Waals surface area (Å²) in [7, 11) is 5.23. The molecule has 0 fully saturated rings. The van der Waals surface area contributed by atoms with Crippen LogP contribution < -0.4 is 14.5 Å². The average molecular weight is 561 g/mol. The van der Waals surface area contributed by atoms with Gasteiger partial charge in [0.05, 0.1) is 25.1 Å². The third-order valence-electron chi connectivity index (χ3n) is 6.74. The molecule has 0 bridgehead atoms. The zero-order chi connectivity index (χ0) is 28.7. The number of ketones is 1. The summed E-state index contributed by atoms with van der Waals surface area (Å²) in [6.45, 7) is 0. The number of aliphatic hydroxyl groups is 1. The molecule has 10 heteroatoms. The lowest BCUT2D eigenvalue weighted by Crippen LogP contribution is -2.31. The Balaban J connectivity index is 1.62. The average Bonchev–Trinajstić information content (AvgIpc) is 3.47. The standard InChI is InChI=1S/C30H25ClN2O7/c1-32(2)20-10-6-17(7-11-20)26-25(27(36)22-14-18-13-19(31)15-23(39-3)29(18)40-22)28(37)30(38)33(26)21-8-4-16(5-9-21)12-24(34)35/h4-11,13-15,26,37H,12H2,1-3H3,(H,34,35). The van der Waals surface area contributed by atoms with Gasteiger partial charge in [-0.3, -0.25) is 19.3 Å². The van der Waals surface area contributed by atoms with Gasteiger partial charge in [0.1, 0.15) is 0 Å². The second kappa shape index (κ2) is 10.4. The molecule has 3 aromatic carbocycles. The fourth-order valence-electron chi connectivity index (χ4n) is 4.80. The number of hydrogen-bond acceptors (Lipinski definition) is 7. The van der Waals surface area contributed by atoms with Gasteiger partial charge in [0.2, 0.25) is 5.78 Å². The molecule has 1 amide bonds. The number of fused-ring (bicyclic) bond motifs is 1. The number of ether oxygens (including phenoxy) is 1. The molecule has 0 radical (unpaired) electrons. The van der Waals surface area contributed by atoms with Crippen molar-refractivity contribution in [2.45, 2.75) is 12.5 Å². The van der Waals surface area contributed by atoms with Crippen LogP contribution in [0.3, 0.4) is 0 Å². The van der Waals surface area contributed by atoms with Crippen LogP contribution in [0.15, 0.2) is 82.5 Å². The Morgan fingerprint density at radius 3 is 2.33 bits per heavy atom. The van der Waals surface area contributed by atoms with Crippen LogP contribution in [0.25, 0.3) is 11.0 Å². The van der Waals surface area contributed by atoms with E-state index in [9.17, 15) is 19.5 Å². The van der Waals surface area contributed by atoms with E-state index in [4.69, 9.17) is 25.9 Å². The van der Waals surface area contributed by atoms with Crippen molar-refractivity contribution in [3.8, 4) is 5.75 Å². The van der Waals surface area contributed by atoms with Crippen LogP contribution in [0.5, 0.6) is 5.75 Å². The first-order chi connectivity index (χ1) is 19.1. The maximum absolute atomic E-state index is 13.9. The molecule has 2 heterocycles. The quantitative estimate of drug-likeness (QED) is 0.268. The summed E-state index contributed by atoms with van der Waals surface area (Å²) in [5, 5.41) is 21.1. The Morgan fingerprint density at radius 1 is 1.05 bits per heavy atom. The number of Topliss-reactive ketones (excluding diaryl/α,β-unsaturated/α-hetero) is 1. The molecule has 1 aliphatic heterocycles. The maximum Gasteiger partial charge on any atom is 0.307 e. The minimum Gasteiger partial charge on any atom is -0.503 e. The Bertz CT molecular complexity index is 1670. The Kier molecular flexibility index (Phi) is 6.99. The highest BCUT2D eigenvalue weighted by atomic mass is 35.5. The fourth-order valence-corrected chi connectivity index (χ4v) is 5.02. The van der Waals surface area contributed by atoms with Crippen LogP contribution in [0.4, 0.5) is 11.4 Å². The molecule has 1 unspecified atom stereocenters. The summed E-state index contributed by atoms with van der Waals surface area (Å²) in [4.78, 5) is 41.8. The molecule has 2 N–H and O–H groups in total. The van der Waals surface area contributed by atoms with E-state index in [0.717, 1.165) is 5.69 Å². The number of aliphatic carboxylic acids is 1. The normalized spacial score (nSPS) is 15.2. The van der Waals surface area contributed by atoms with Crippen molar-refractivity contribution in [1.29, 1.82) is 0 Å². The van der Waals surface area contributed by atoms with Gasteiger partial charge in [-0.2, -0.15) is 0 Å². The van der Waals surface area contributed by atoms with Crippen LogP contribution in [0, 0.1) is 0 Å². The number of carbonyl (C=O) groups excluding carboxylic acids is 2. The number of nitrogens with zero attached hydrogens (tertiary/aromatic N) is 2. The van der Waals surface area contributed by atoms with Crippen LogP contribution >= 0.6 is 11.6 Å². The minimum atomic E-state index is -0.986. The van der Waals surface area contributed by atoms with Crippen molar-refractivity contribution in [2.75, 3.05) is 31.0 Å². The number of rotatable bonds is 8. The molecule has 40 heavy (non-hydrogen) atoms. The van der Waals surface area contributed by atoms with Gasteiger partial charge in [0.15, 0.2) is 22.9 Å². The first-order valence-electron chi connectivity index (χ1n) is 12.3. The van der Waals surface area contributed by atoms with Crippen molar-refractivity contribution in [3.63, 3.8) is 0 Å². The third kappa shape index (κ3) is 4.76. The number of methoxy groups -OCH3 is 1. The van der Waals surface area contributed by atoms with Crippen molar-refractivity contribution in [1.82, 2.24) is 0 Å². The molecule has 0 aliphatic carbocycles. The van der Waals surface area contributed by atoms with Gasteiger partial charge in [-0.1, -0.05) is 35.9 Å². The van der Waals surface area contributed by atoms with Crippen LogP contribution in [-0.2, 0) is 16.0 Å². The van der Waals surface area contributed by atoms with Crippen LogP contribution in [-0.4, -0.2) is 49.1 Å². The van der Waals surface area contributed by atoms with Gasteiger partial charge < -0.3 is 24.3 Å². The SMILES string of the molecule is COc1cc(Cl)cc2cc(C(=O)C3=C(O)C(=O)N(c4ccc(CC(=O)O)cc4)C3c3ccc(N(C)C)cc3)oc12. The minimum absolute atomic E-state index is 0.0986. The molecule has 4 aromatic rings. The summed E-state index contributed by atoms with van der Waals surface area (Å²) < 4.78 is 11.2. The largest absolute Gasteiger partial charge is 0.503 e. The maximum atomic E-state index is 13.9. The first-order valence-corrected chi connectivity index (χ1v) is 12.6. The lowest BCUT2D eigenvalue weighted by Gasteiger charge is -2.27. The Labute approximate surface area is 234 Å². The summed E-state index contributed by atoms with van der Waals surface area (Å²) in [5.74, 6) is -2.90. The number of benzene rings is 3. The topological polar surface area (TPSA) is 121 Å². The molecular weight excluding hydrogens is 536 g/mol. The molecule has 1 aliphatic rings. The number of furan rings is 1.